The molecule has 0 aliphatic carbocycles. The molecule has 92 valence electrons. The van der Waals surface area contributed by atoms with Gasteiger partial charge in [-0.1, -0.05) is 6.07 Å². The Hall–Kier alpha value is -2.44. The first-order valence-electron chi connectivity index (χ1n) is 5.04. The minimum absolute atomic E-state index is 0.0175. The van der Waals surface area contributed by atoms with Crippen LogP contribution in [-0.2, 0) is 4.74 Å². The maximum Gasteiger partial charge on any atom is 0.340 e. The number of aromatic nitrogens is 4. The van der Waals surface area contributed by atoms with Gasteiger partial charge in [0.25, 0.3) is 0 Å². The van der Waals surface area contributed by atoms with Gasteiger partial charge >= 0.3 is 5.97 Å². The van der Waals surface area contributed by atoms with E-state index in [9.17, 15) is 9.18 Å². The Kier molecular flexibility index (Phi) is 3.22. The number of hydrogen-bond donors (Lipinski definition) is 0. The third-order valence-electron chi connectivity index (χ3n) is 2.22. The molecular formula is C11H9FN4O2. The predicted molar refractivity (Wildman–Crippen MR) is 59.1 cm³/mol. The van der Waals surface area contributed by atoms with Crippen LogP contribution in [0.5, 0.6) is 0 Å². The first-order valence-corrected chi connectivity index (χ1v) is 5.04. The lowest BCUT2D eigenvalue weighted by Gasteiger charge is -2.04. The fraction of sp³-hybridized carbons (Fsp3) is 0.182. The van der Waals surface area contributed by atoms with Gasteiger partial charge in [0.1, 0.15) is 5.82 Å². The number of nitrogens with zero attached hydrogens (tertiary/aromatic N) is 4. The topological polar surface area (TPSA) is 77.9 Å². The third kappa shape index (κ3) is 2.15. The van der Waals surface area contributed by atoms with Gasteiger partial charge in [-0.15, -0.1) is 20.4 Å². The molecule has 1 aromatic heterocycles. The molecule has 2 rings (SSSR count). The first kappa shape index (κ1) is 12.0. The normalized spacial score (nSPS) is 10.2. The highest BCUT2D eigenvalue weighted by Crippen LogP contribution is 2.21. The molecule has 0 radical (unpaired) electrons. The molecule has 0 aliphatic rings. The van der Waals surface area contributed by atoms with Crippen molar-refractivity contribution in [3.8, 4) is 11.4 Å². The van der Waals surface area contributed by atoms with Gasteiger partial charge in [0.2, 0.25) is 5.82 Å². The zero-order chi connectivity index (χ0) is 13.1. The van der Waals surface area contributed by atoms with Gasteiger partial charge in [0.15, 0.2) is 5.82 Å². The number of ether oxygens (including phenoxy) is 1. The molecule has 0 atom stereocenters. The molecule has 6 nitrogen and oxygen atoms in total. The van der Waals surface area contributed by atoms with Crippen LogP contribution < -0.4 is 0 Å². The summed E-state index contributed by atoms with van der Waals surface area (Å²) in [6.07, 6.45) is 0. The summed E-state index contributed by atoms with van der Waals surface area (Å²) in [6, 6.07) is 4.27. The van der Waals surface area contributed by atoms with Crippen LogP contribution in [0.25, 0.3) is 11.4 Å². The summed E-state index contributed by atoms with van der Waals surface area (Å²) in [7, 11) is 1.18. The van der Waals surface area contributed by atoms with E-state index >= 15 is 0 Å². The van der Waals surface area contributed by atoms with Crippen molar-refractivity contribution in [2.45, 2.75) is 6.92 Å². The second kappa shape index (κ2) is 4.82. The third-order valence-corrected chi connectivity index (χ3v) is 2.22. The van der Waals surface area contributed by atoms with Crippen LogP contribution in [0.15, 0.2) is 18.2 Å². The van der Waals surface area contributed by atoms with E-state index in [-0.39, 0.29) is 17.0 Å². The number of rotatable bonds is 2. The number of benzene rings is 1. The fourth-order valence-electron chi connectivity index (χ4n) is 1.36. The predicted octanol–water partition coefficient (Wildman–Crippen LogP) is 1.17. The molecule has 2 aromatic rings. The second-order valence-corrected chi connectivity index (χ2v) is 3.43. The van der Waals surface area contributed by atoms with E-state index in [0.29, 0.717) is 5.82 Å². The van der Waals surface area contributed by atoms with E-state index in [1.807, 2.05) is 0 Å². The minimum atomic E-state index is -0.762. The van der Waals surface area contributed by atoms with Crippen LogP contribution in [0.1, 0.15) is 16.2 Å². The standard InChI is InChI=1S/C11H9FN4O2/c1-6-13-15-10(16-14-6)7-4-3-5-8(9(7)12)11(17)18-2/h3-5H,1-2H3. The molecule has 1 aromatic carbocycles. The maximum absolute atomic E-state index is 14.1. The highest BCUT2D eigenvalue weighted by molar-refractivity contribution is 5.91. The smallest absolute Gasteiger partial charge is 0.340 e. The van der Waals surface area contributed by atoms with E-state index in [1.165, 1.54) is 25.3 Å². The van der Waals surface area contributed by atoms with Gasteiger partial charge in [0, 0.05) is 0 Å². The molecule has 0 saturated carbocycles. The second-order valence-electron chi connectivity index (χ2n) is 3.43. The van der Waals surface area contributed by atoms with E-state index in [2.05, 4.69) is 25.1 Å². The largest absolute Gasteiger partial charge is 0.465 e. The molecule has 0 aliphatic heterocycles. The van der Waals surface area contributed by atoms with Gasteiger partial charge in [0.05, 0.1) is 18.2 Å². The van der Waals surface area contributed by atoms with Crippen molar-refractivity contribution >= 4 is 5.97 Å². The van der Waals surface area contributed by atoms with E-state index in [4.69, 9.17) is 0 Å². The Morgan fingerprint density at radius 1 is 1.22 bits per heavy atom. The number of aryl methyl sites for hydroxylation is 1. The van der Waals surface area contributed by atoms with E-state index < -0.39 is 11.8 Å². The molecule has 0 unspecified atom stereocenters. The Morgan fingerprint density at radius 3 is 2.50 bits per heavy atom. The molecule has 0 amide bonds. The monoisotopic (exact) mass is 248 g/mol. The molecule has 0 N–H and O–H groups in total. The van der Waals surface area contributed by atoms with Crippen LogP contribution in [0.4, 0.5) is 4.39 Å². The van der Waals surface area contributed by atoms with Gasteiger partial charge in [-0.05, 0) is 19.1 Å². The summed E-state index contributed by atoms with van der Waals surface area (Å²) < 4.78 is 18.5. The van der Waals surface area contributed by atoms with E-state index in [0.717, 1.165) is 0 Å². The average molecular weight is 248 g/mol. The maximum atomic E-state index is 14.1. The van der Waals surface area contributed by atoms with Crippen molar-refractivity contribution in [2.75, 3.05) is 7.11 Å². The average Bonchev–Trinajstić information content (AvgIpc) is 2.39. The van der Waals surface area contributed by atoms with Crippen molar-refractivity contribution in [1.82, 2.24) is 20.4 Å². The zero-order valence-electron chi connectivity index (χ0n) is 9.72. The fourth-order valence-corrected chi connectivity index (χ4v) is 1.36. The number of carbonyl (C=O) groups excluding carboxylic acids is 1. The van der Waals surface area contributed by atoms with Crippen molar-refractivity contribution < 1.29 is 13.9 Å². The molecule has 1 heterocycles. The minimum Gasteiger partial charge on any atom is -0.465 e. The molecule has 7 heteroatoms. The number of halogens is 1. The summed E-state index contributed by atoms with van der Waals surface area (Å²) in [5, 5.41) is 14.8. The lowest BCUT2D eigenvalue weighted by Crippen LogP contribution is -2.07. The summed E-state index contributed by atoms with van der Waals surface area (Å²) in [5.41, 5.74) is -0.128. The lowest BCUT2D eigenvalue weighted by molar-refractivity contribution is 0.0595. The SMILES string of the molecule is COC(=O)c1cccc(-c2nnc(C)nn2)c1F. The van der Waals surface area contributed by atoms with Crippen LogP contribution >= 0.6 is 0 Å². The number of carbonyl (C=O) groups is 1. The summed E-state index contributed by atoms with van der Waals surface area (Å²) in [5.74, 6) is -1.12. The molecular weight excluding hydrogens is 239 g/mol. The van der Waals surface area contributed by atoms with Gasteiger partial charge in [-0.3, -0.25) is 0 Å². The molecule has 0 fully saturated rings. The zero-order valence-corrected chi connectivity index (χ0v) is 9.72. The number of hydrogen-bond acceptors (Lipinski definition) is 6. The van der Waals surface area contributed by atoms with Crippen molar-refractivity contribution in [3.63, 3.8) is 0 Å². The van der Waals surface area contributed by atoms with Gasteiger partial charge < -0.3 is 4.74 Å². The number of methoxy groups -OCH3 is 1. The number of esters is 1. The molecule has 0 saturated heterocycles. The Bertz CT molecular complexity index is 586. The summed E-state index contributed by atoms with van der Waals surface area (Å²) in [6.45, 7) is 1.62. The lowest BCUT2D eigenvalue weighted by atomic mass is 10.1. The van der Waals surface area contributed by atoms with Crippen LogP contribution in [0.2, 0.25) is 0 Å². The Morgan fingerprint density at radius 2 is 1.89 bits per heavy atom. The highest BCUT2D eigenvalue weighted by atomic mass is 19.1. The highest BCUT2D eigenvalue weighted by Gasteiger charge is 2.18. The van der Waals surface area contributed by atoms with Crippen LogP contribution in [0, 0.1) is 12.7 Å². The summed E-state index contributed by atoms with van der Waals surface area (Å²) in [4.78, 5) is 11.3. The Labute approximate surface area is 102 Å². The van der Waals surface area contributed by atoms with Crippen molar-refractivity contribution in [1.29, 1.82) is 0 Å². The molecule has 0 bridgehead atoms. The quantitative estimate of drug-likeness (QED) is 0.742. The van der Waals surface area contributed by atoms with Gasteiger partial charge in [-0.25, -0.2) is 9.18 Å². The Balaban J connectivity index is 2.52. The van der Waals surface area contributed by atoms with Crippen LogP contribution in [-0.4, -0.2) is 33.5 Å². The van der Waals surface area contributed by atoms with E-state index in [1.54, 1.807) is 6.92 Å². The van der Waals surface area contributed by atoms with Crippen LogP contribution in [0.3, 0.4) is 0 Å². The van der Waals surface area contributed by atoms with Crippen molar-refractivity contribution in [2.24, 2.45) is 0 Å². The van der Waals surface area contributed by atoms with Gasteiger partial charge in [-0.2, -0.15) is 0 Å². The summed E-state index contributed by atoms with van der Waals surface area (Å²) >= 11 is 0. The molecule has 18 heavy (non-hydrogen) atoms. The first-order chi connectivity index (χ1) is 8.63. The van der Waals surface area contributed by atoms with Crippen molar-refractivity contribution in [3.05, 3.63) is 35.4 Å². The molecule has 0 spiro atoms.